The zero-order valence-corrected chi connectivity index (χ0v) is 9.82. The number of ether oxygens (including phenoxy) is 1. The Kier molecular flexibility index (Phi) is 4.43. The Morgan fingerprint density at radius 1 is 1.47 bits per heavy atom. The molecule has 0 saturated carbocycles. The molecule has 0 spiro atoms. The minimum Gasteiger partial charge on any atom is -0.479 e. The number of hydrogen-bond acceptors (Lipinski definition) is 5. The molecule has 1 saturated heterocycles. The first kappa shape index (κ1) is 12.8. The average molecular weight is 238 g/mol. The van der Waals surface area contributed by atoms with Gasteiger partial charge in [0.1, 0.15) is 0 Å². The van der Waals surface area contributed by atoms with Gasteiger partial charge in [0.2, 0.25) is 0 Å². The highest BCUT2D eigenvalue weighted by molar-refractivity contribution is 7.41. The number of carboxylic acids is 1. The maximum Gasteiger partial charge on any atom is 0.333 e. The number of carboxylic acid groups (broad SMARTS) is 1. The molecule has 0 aromatic heterocycles. The highest BCUT2D eigenvalue weighted by Crippen LogP contribution is 2.47. The highest BCUT2D eigenvalue weighted by Gasteiger charge is 2.44. The maximum absolute atomic E-state index is 10.9. The van der Waals surface area contributed by atoms with Crippen molar-refractivity contribution in [1.29, 1.82) is 0 Å². The van der Waals surface area contributed by atoms with Crippen molar-refractivity contribution in [1.82, 2.24) is 0 Å². The van der Waals surface area contributed by atoms with Crippen LogP contribution in [0.25, 0.3) is 0 Å². The Balaban J connectivity index is 2.63. The van der Waals surface area contributed by atoms with Crippen molar-refractivity contribution in [3.05, 3.63) is 0 Å². The van der Waals surface area contributed by atoms with Crippen molar-refractivity contribution in [3.63, 3.8) is 0 Å². The molecule has 1 fully saturated rings. The summed E-state index contributed by atoms with van der Waals surface area (Å²) in [6.07, 6.45) is -0.938. The van der Waals surface area contributed by atoms with E-state index in [-0.39, 0.29) is 13.2 Å². The van der Waals surface area contributed by atoms with Crippen LogP contribution in [-0.2, 0) is 23.1 Å². The van der Waals surface area contributed by atoms with Crippen LogP contribution in [0, 0.1) is 5.41 Å². The molecule has 1 rings (SSSR count). The molecular weight excluding hydrogens is 223 g/mol. The number of rotatable bonds is 4. The van der Waals surface area contributed by atoms with Gasteiger partial charge in [-0.15, -0.1) is 0 Å². The van der Waals surface area contributed by atoms with Crippen LogP contribution in [0.4, 0.5) is 0 Å². The molecule has 0 aliphatic carbocycles. The third-order valence-electron chi connectivity index (χ3n) is 2.24. The maximum atomic E-state index is 10.9. The molecule has 1 aliphatic heterocycles. The van der Waals surface area contributed by atoms with Crippen LogP contribution >= 0.6 is 8.60 Å². The minimum absolute atomic E-state index is 0.247. The monoisotopic (exact) mass is 238 g/mol. The van der Waals surface area contributed by atoms with Gasteiger partial charge in [0.15, 0.2) is 6.10 Å². The van der Waals surface area contributed by atoms with Crippen molar-refractivity contribution in [2.45, 2.75) is 13.0 Å². The smallest absolute Gasteiger partial charge is 0.333 e. The largest absolute Gasteiger partial charge is 0.479 e. The lowest BCUT2D eigenvalue weighted by Gasteiger charge is -2.38. The predicted molar refractivity (Wildman–Crippen MR) is 52.4 cm³/mol. The van der Waals surface area contributed by atoms with E-state index in [1.807, 2.05) is 0 Å². The second-order valence-corrected chi connectivity index (χ2v) is 4.89. The summed E-state index contributed by atoms with van der Waals surface area (Å²) in [5.74, 6) is -1.02. The van der Waals surface area contributed by atoms with Gasteiger partial charge >= 0.3 is 14.6 Å². The third kappa shape index (κ3) is 2.86. The summed E-state index contributed by atoms with van der Waals surface area (Å²) in [4.78, 5) is 10.9. The number of aliphatic carboxylic acids is 1. The number of hydrogen-bond donors (Lipinski definition) is 1. The summed E-state index contributed by atoms with van der Waals surface area (Å²) in [6, 6.07) is 0. The van der Waals surface area contributed by atoms with Crippen molar-refractivity contribution in [2.75, 3.05) is 27.4 Å². The molecule has 7 heteroatoms. The van der Waals surface area contributed by atoms with E-state index in [4.69, 9.17) is 23.4 Å². The summed E-state index contributed by atoms with van der Waals surface area (Å²) < 4.78 is 20.3. The normalized spacial score (nSPS) is 33.7. The third-order valence-corrected chi connectivity index (χ3v) is 3.22. The Bertz CT molecular complexity index is 225. The van der Waals surface area contributed by atoms with E-state index in [2.05, 4.69) is 0 Å². The van der Waals surface area contributed by atoms with Gasteiger partial charge in [0.05, 0.1) is 18.6 Å². The zero-order chi connectivity index (χ0) is 11.5. The Hall–Kier alpha value is -0.260. The molecule has 0 bridgehead atoms. The molecule has 6 nitrogen and oxygen atoms in total. The van der Waals surface area contributed by atoms with Gasteiger partial charge in [-0.05, 0) is 0 Å². The van der Waals surface area contributed by atoms with E-state index in [1.165, 1.54) is 14.2 Å². The van der Waals surface area contributed by atoms with E-state index in [1.54, 1.807) is 6.92 Å². The van der Waals surface area contributed by atoms with E-state index in [0.29, 0.717) is 0 Å². The van der Waals surface area contributed by atoms with Gasteiger partial charge < -0.3 is 23.4 Å². The fourth-order valence-corrected chi connectivity index (χ4v) is 2.51. The van der Waals surface area contributed by atoms with Crippen LogP contribution in [0.2, 0.25) is 0 Å². The average Bonchev–Trinajstić information content (AvgIpc) is 2.19. The second-order valence-electron chi connectivity index (χ2n) is 3.56. The van der Waals surface area contributed by atoms with Crippen LogP contribution in [0.3, 0.4) is 0 Å². The van der Waals surface area contributed by atoms with E-state index in [9.17, 15) is 4.79 Å². The Morgan fingerprint density at radius 2 is 2.00 bits per heavy atom. The Labute approximate surface area is 89.5 Å². The number of methoxy groups -OCH3 is 1. The molecular formula is C8H15O6P. The van der Waals surface area contributed by atoms with Crippen molar-refractivity contribution >= 4 is 14.6 Å². The fraction of sp³-hybridized carbons (Fsp3) is 0.875. The first-order chi connectivity index (χ1) is 7.03. The van der Waals surface area contributed by atoms with Crippen LogP contribution in [0.5, 0.6) is 0 Å². The molecule has 0 aromatic rings. The quantitative estimate of drug-likeness (QED) is 0.737. The van der Waals surface area contributed by atoms with Gasteiger partial charge in [0.25, 0.3) is 0 Å². The van der Waals surface area contributed by atoms with Gasteiger partial charge in [-0.1, -0.05) is 6.92 Å². The molecule has 1 unspecified atom stereocenters. The molecule has 0 aromatic carbocycles. The Morgan fingerprint density at radius 3 is 2.33 bits per heavy atom. The zero-order valence-electron chi connectivity index (χ0n) is 8.93. The summed E-state index contributed by atoms with van der Waals surface area (Å²) in [5, 5.41) is 8.95. The van der Waals surface area contributed by atoms with Crippen LogP contribution in [0.15, 0.2) is 0 Å². The molecule has 1 heterocycles. The molecule has 0 amide bonds. The van der Waals surface area contributed by atoms with Gasteiger partial charge in [0, 0.05) is 14.2 Å². The number of carbonyl (C=O) groups is 1. The SMILES string of the molecule is COC(C(=O)O)C1(C)COP(OC)OC1. The summed E-state index contributed by atoms with van der Waals surface area (Å²) in [7, 11) is 1.52. The fourth-order valence-electron chi connectivity index (χ4n) is 1.42. The molecule has 1 atom stereocenters. The van der Waals surface area contributed by atoms with Gasteiger partial charge in [-0.25, -0.2) is 4.79 Å². The second kappa shape index (κ2) is 5.18. The topological polar surface area (TPSA) is 74.2 Å². The van der Waals surface area contributed by atoms with Gasteiger partial charge in [-0.2, -0.15) is 0 Å². The minimum atomic E-state index is -1.33. The lowest BCUT2D eigenvalue weighted by atomic mass is 9.86. The summed E-state index contributed by atoms with van der Waals surface area (Å²) in [6.45, 7) is 2.24. The van der Waals surface area contributed by atoms with E-state index >= 15 is 0 Å². The van der Waals surface area contributed by atoms with E-state index < -0.39 is 26.1 Å². The summed E-state index contributed by atoms with van der Waals surface area (Å²) >= 11 is 0. The lowest BCUT2D eigenvalue weighted by molar-refractivity contribution is -0.163. The molecule has 1 N–H and O–H groups in total. The lowest BCUT2D eigenvalue weighted by Crippen LogP contribution is -2.47. The van der Waals surface area contributed by atoms with Crippen LogP contribution in [-0.4, -0.2) is 44.6 Å². The molecule has 88 valence electrons. The van der Waals surface area contributed by atoms with Crippen molar-refractivity contribution in [3.8, 4) is 0 Å². The standard InChI is InChI=1S/C8H15O6P/c1-8(6(11-2)7(9)10)4-13-15(12-3)14-5-8/h6H,4-5H2,1-3H3,(H,9,10). The molecule has 1 aliphatic rings. The van der Waals surface area contributed by atoms with Gasteiger partial charge in [-0.3, -0.25) is 0 Å². The molecule has 15 heavy (non-hydrogen) atoms. The van der Waals surface area contributed by atoms with E-state index in [0.717, 1.165) is 0 Å². The first-order valence-electron chi connectivity index (χ1n) is 4.39. The van der Waals surface area contributed by atoms with Crippen molar-refractivity contribution in [2.24, 2.45) is 5.41 Å². The van der Waals surface area contributed by atoms with Crippen LogP contribution < -0.4 is 0 Å². The highest BCUT2D eigenvalue weighted by atomic mass is 31.2. The first-order valence-corrected chi connectivity index (χ1v) is 5.48. The van der Waals surface area contributed by atoms with Crippen LogP contribution in [0.1, 0.15) is 6.92 Å². The molecule has 0 radical (unpaired) electrons. The summed E-state index contributed by atoms with van der Waals surface area (Å²) in [5.41, 5.74) is -0.683. The van der Waals surface area contributed by atoms with Crippen molar-refractivity contribution < 1.29 is 28.2 Å². The predicted octanol–water partition coefficient (Wildman–Crippen LogP) is 1.01.